The zero-order valence-corrected chi connectivity index (χ0v) is 9.09. The molecule has 0 aliphatic heterocycles. The average Bonchev–Trinajstić information content (AvgIpc) is 1.93. The maximum atomic E-state index is 5.85. The molecule has 1 nitrogen and oxygen atoms in total. The largest absolute Gasteiger partial charge is 0.259 e. The molecule has 0 fully saturated rings. The van der Waals surface area contributed by atoms with Crippen LogP contribution in [0.4, 0.5) is 0 Å². The van der Waals surface area contributed by atoms with Crippen molar-refractivity contribution < 1.29 is 0 Å². The standard InChI is InChI=1S/C6H4Br2ClN/c1-3-5(8)6(9)4(7)2-10-3/h2H,1H3. The second kappa shape index (κ2) is 3.20. The Morgan fingerprint density at radius 2 is 2.10 bits per heavy atom. The molecule has 1 aromatic rings. The predicted molar refractivity (Wildman–Crippen MR) is 49.4 cm³/mol. The minimum Gasteiger partial charge on any atom is -0.259 e. The lowest BCUT2D eigenvalue weighted by Gasteiger charge is -2.00. The highest BCUT2D eigenvalue weighted by molar-refractivity contribution is 9.11. The van der Waals surface area contributed by atoms with Crippen molar-refractivity contribution in [3.05, 3.63) is 25.9 Å². The third-order valence-corrected chi connectivity index (χ3v) is 3.51. The van der Waals surface area contributed by atoms with E-state index in [-0.39, 0.29) is 0 Å². The van der Waals surface area contributed by atoms with Gasteiger partial charge in [0.15, 0.2) is 0 Å². The Hall–Kier alpha value is 0.400. The van der Waals surface area contributed by atoms with Crippen LogP contribution in [-0.4, -0.2) is 4.98 Å². The highest BCUT2D eigenvalue weighted by Crippen LogP contribution is 2.30. The van der Waals surface area contributed by atoms with E-state index in [0.717, 1.165) is 14.6 Å². The van der Waals surface area contributed by atoms with Crippen LogP contribution in [0.2, 0.25) is 5.02 Å². The van der Waals surface area contributed by atoms with Crippen LogP contribution in [0.1, 0.15) is 5.69 Å². The molecule has 0 atom stereocenters. The lowest BCUT2D eigenvalue weighted by atomic mass is 10.4. The molecular formula is C6H4Br2ClN. The van der Waals surface area contributed by atoms with Gasteiger partial charge in [-0.3, -0.25) is 4.98 Å². The molecule has 0 saturated carbocycles. The molecule has 0 amide bonds. The summed E-state index contributed by atoms with van der Waals surface area (Å²) in [7, 11) is 0. The average molecular weight is 285 g/mol. The normalized spacial score (nSPS) is 10.0. The summed E-state index contributed by atoms with van der Waals surface area (Å²) in [4.78, 5) is 4.06. The monoisotopic (exact) mass is 283 g/mol. The lowest BCUT2D eigenvalue weighted by molar-refractivity contribution is 1.17. The number of aryl methyl sites for hydroxylation is 1. The Balaban J connectivity index is 3.34. The van der Waals surface area contributed by atoms with Crippen molar-refractivity contribution in [1.29, 1.82) is 0 Å². The molecule has 1 rings (SSSR count). The van der Waals surface area contributed by atoms with Gasteiger partial charge in [-0.25, -0.2) is 0 Å². The minimum absolute atomic E-state index is 0.674. The van der Waals surface area contributed by atoms with Gasteiger partial charge < -0.3 is 0 Å². The molecule has 54 valence electrons. The van der Waals surface area contributed by atoms with E-state index in [1.807, 2.05) is 6.92 Å². The van der Waals surface area contributed by atoms with Gasteiger partial charge in [-0.15, -0.1) is 0 Å². The Labute approximate surface area is 81.1 Å². The second-order valence-electron chi connectivity index (χ2n) is 1.82. The Kier molecular flexibility index (Phi) is 2.72. The topological polar surface area (TPSA) is 12.9 Å². The van der Waals surface area contributed by atoms with Crippen LogP contribution in [0.15, 0.2) is 15.1 Å². The summed E-state index contributed by atoms with van der Waals surface area (Å²) in [6.45, 7) is 1.89. The highest BCUT2D eigenvalue weighted by atomic mass is 79.9. The molecule has 0 bridgehead atoms. The van der Waals surface area contributed by atoms with Crippen molar-refractivity contribution in [2.45, 2.75) is 6.92 Å². The van der Waals surface area contributed by atoms with E-state index in [1.165, 1.54) is 0 Å². The third kappa shape index (κ3) is 1.52. The van der Waals surface area contributed by atoms with Crippen LogP contribution in [0.5, 0.6) is 0 Å². The molecule has 0 saturated heterocycles. The Morgan fingerprint density at radius 3 is 2.60 bits per heavy atom. The summed E-state index contributed by atoms with van der Waals surface area (Å²) in [6.07, 6.45) is 1.68. The summed E-state index contributed by atoms with van der Waals surface area (Å²) in [5.74, 6) is 0. The van der Waals surface area contributed by atoms with Gasteiger partial charge in [-0.2, -0.15) is 0 Å². The maximum absolute atomic E-state index is 5.85. The molecule has 0 radical (unpaired) electrons. The number of halogens is 3. The zero-order chi connectivity index (χ0) is 7.72. The molecule has 0 N–H and O–H groups in total. The molecule has 4 heteroatoms. The third-order valence-electron chi connectivity index (χ3n) is 1.09. The van der Waals surface area contributed by atoms with Gasteiger partial charge in [0.2, 0.25) is 0 Å². The zero-order valence-electron chi connectivity index (χ0n) is 5.16. The van der Waals surface area contributed by atoms with Crippen molar-refractivity contribution in [1.82, 2.24) is 4.98 Å². The molecule has 10 heavy (non-hydrogen) atoms. The molecule has 0 aliphatic rings. The van der Waals surface area contributed by atoms with Crippen LogP contribution in [0.3, 0.4) is 0 Å². The molecule has 0 spiro atoms. The van der Waals surface area contributed by atoms with E-state index in [2.05, 4.69) is 36.8 Å². The summed E-state index contributed by atoms with van der Waals surface area (Å²) in [6, 6.07) is 0. The van der Waals surface area contributed by atoms with Gasteiger partial charge >= 0.3 is 0 Å². The van der Waals surface area contributed by atoms with Crippen molar-refractivity contribution in [3.63, 3.8) is 0 Å². The number of aromatic nitrogens is 1. The first-order chi connectivity index (χ1) is 4.63. The van der Waals surface area contributed by atoms with E-state index in [4.69, 9.17) is 11.6 Å². The SMILES string of the molecule is Cc1ncc(Br)c(Cl)c1Br. The van der Waals surface area contributed by atoms with Gasteiger partial charge in [0.1, 0.15) is 0 Å². The van der Waals surface area contributed by atoms with Gasteiger partial charge in [-0.05, 0) is 38.8 Å². The van der Waals surface area contributed by atoms with Gasteiger partial charge in [0.05, 0.1) is 19.7 Å². The van der Waals surface area contributed by atoms with E-state index < -0.39 is 0 Å². The quantitative estimate of drug-likeness (QED) is 0.710. The summed E-state index contributed by atoms with van der Waals surface area (Å²) < 4.78 is 1.66. The van der Waals surface area contributed by atoms with Gasteiger partial charge in [0.25, 0.3) is 0 Å². The molecule has 1 aromatic heterocycles. The first-order valence-electron chi connectivity index (χ1n) is 2.59. The number of nitrogens with zero attached hydrogens (tertiary/aromatic N) is 1. The number of rotatable bonds is 0. The molecule has 0 unspecified atom stereocenters. The maximum Gasteiger partial charge on any atom is 0.0724 e. The molecular weight excluding hydrogens is 281 g/mol. The first kappa shape index (κ1) is 8.50. The lowest BCUT2D eigenvalue weighted by Crippen LogP contribution is -1.83. The highest BCUT2D eigenvalue weighted by Gasteiger charge is 2.04. The smallest absolute Gasteiger partial charge is 0.0724 e. The predicted octanol–water partition coefficient (Wildman–Crippen LogP) is 3.57. The molecule has 0 aromatic carbocycles. The van der Waals surface area contributed by atoms with Crippen LogP contribution in [-0.2, 0) is 0 Å². The Morgan fingerprint density at radius 1 is 1.50 bits per heavy atom. The number of hydrogen-bond acceptors (Lipinski definition) is 1. The van der Waals surface area contributed by atoms with E-state index in [1.54, 1.807) is 6.20 Å². The molecule has 0 aliphatic carbocycles. The number of hydrogen-bond donors (Lipinski definition) is 0. The van der Waals surface area contributed by atoms with E-state index in [0.29, 0.717) is 5.02 Å². The van der Waals surface area contributed by atoms with Gasteiger partial charge in [0, 0.05) is 6.20 Å². The van der Waals surface area contributed by atoms with Crippen molar-refractivity contribution in [2.24, 2.45) is 0 Å². The minimum atomic E-state index is 0.674. The van der Waals surface area contributed by atoms with Crippen molar-refractivity contribution >= 4 is 43.5 Å². The van der Waals surface area contributed by atoms with Crippen molar-refractivity contribution in [2.75, 3.05) is 0 Å². The first-order valence-corrected chi connectivity index (χ1v) is 4.55. The van der Waals surface area contributed by atoms with E-state index in [9.17, 15) is 0 Å². The van der Waals surface area contributed by atoms with Gasteiger partial charge in [-0.1, -0.05) is 11.6 Å². The van der Waals surface area contributed by atoms with Crippen LogP contribution in [0, 0.1) is 6.92 Å². The Bertz CT molecular complexity index is 235. The van der Waals surface area contributed by atoms with Crippen molar-refractivity contribution in [3.8, 4) is 0 Å². The number of pyridine rings is 1. The summed E-state index contributed by atoms with van der Waals surface area (Å²) >= 11 is 12.4. The van der Waals surface area contributed by atoms with E-state index >= 15 is 0 Å². The fraction of sp³-hybridized carbons (Fsp3) is 0.167. The summed E-state index contributed by atoms with van der Waals surface area (Å²) in [5, 5.41) is 0.674. The van der Waals surface area contributed by atoms with Crippen LogP contribution in [0.25, 0.3) is 0 Å². The molecule has 1 heterocycles. The van der Waals surface area contributed by atoms with Crippen LogP contribution < -0.4 is 0 Å². The fourth-order valence-corrected chi connectivity index (χ4v) is 1.60. The summed E-state index contributed by atoms with van der Waals surface area (Å²) in [5.41, 5.74) is 0.896. The van der Waals surface area contributed by atoms with Crippen LogP contribution >= 0.6 is 43.5 Å². The fourth-order valence-electron chi connectivity index (χ4n) is 0.531. The second-order valence-corrected chi connectivity index (χ2v) is 3.84.